The normalized spacial score (nSPS) is 19.3. The largest absolute Gasteiger partial charge is 0.338 e. The monoisotopic (exact) mass is 724 g/mol. The molecule has 3 N–H and O–H groups in total. The van der Waals surface area contributed by atoms with Gasteiger partial charge in [0, 0.05) is 28.8 Å². The van der Waals surface area contributed by atoms with E-state index >= 15 is 4.39 Å². The molecule has 1 aliphatic heterocycles. The van der Waals surface area contributed by atoms with Gasteiger partial charge in [-0.05, 0) is 84.7 Å². The maximum absolute atomic E-state index is 15.1. The molecule has 43 heavy (non-hydrogen) atoms. The average Bonchev–Trinajstić information content (AvgIpc) is 3.69. The standard InChI is InChI=1S/C28H27F2IN6O5S/c1-14-23-22(25(34(2)26(14)38)33-21-9-6-16(31)13-20(21)30)27(39)37(17-7-8-17)28(40)36(23)18-5-3-4-15(12-18)24-19(29)10-11-35(24)43(32,41)42/h3-6,9,12-13,17,19,24,33H,7-8,10-11H2,1-2H3,(H2,32,41,42). The van der Waals surface area contributed by atoms with Crippen molar-refractivity contribution in [1.82, 2.24) is 18.0 Å². The summed E-state index contributed by atoms with van der Waals surface area (Å²) in [6.07, 6.45) is -0.416. The number of halogens is 3. The lowest BCUT2D eigenvalue weighted by atomic mass is 10.0. The van der Waals surface area contributed by atoms with E-state index in [9.17, 15) is 27.2 Å². The molecule has 2 fully saturated rings. The number of alkyl halides is 1. The van der Waals surface area contributed by atoms with Crippen molar-refractivity contribution < 1.29 is 17.2 Å². The molecule has 226 valence electrons. The zero-order valence-electron chi connectivity index (χ0n) is 23.1. The Morgan fingerprint density at radius 2 is 1.77 bits per heavy atom. The minimum absolute atomic E-state index is 0.00460. The predicted octanol–water partition coefficient (Wildman–Crippen LogP) is 3.27. The number of rotatable bonds is 6. The van der Waals surface area contributed by atoms with Crippen LogP contribution in [-0.2, 0) is 17.3 Å². The molecule has 1 saturated carbocycles. The van der Waals surface area contributed by atoms with E-state index in [-0.39, 0.29) is 58.2 Å². The molecule has 2 aliphatic rings. The van der Waals surface area contributed by atoms with Crippen LogP contribution in [0.25, 0.3) is 16.6 Å². The smallest absolute Gasteiger partial charge is 0.336 e. The van der Waals surface area contributed by atoms with Crippen LogP contribution in [0.1, 0.15) is 42.5 Å². The van der Waals surface area contributed by atoms with Gasteiger partial charge in [-0.15, -0.1) is 0 Å². The average molecular weight is 725 g/mol. The third kappa shape index (κ3) is 5.01. The van der Waals surface area contributed by atoms with Crippen LogP contribution in [0.2, 0.25) is 0 Å². The number of aryl methyl sites for hydroxylation is 1. The molecule has 0 radical (unpaired) electrons. The first kappa shape index (κ1) is 29.7. The summed E-state index contributed by atoms with van der Waals surface area (Å²) in [6, 6.07) is 8.95. The highest BCUT2D eigenvalue weighted by Gasteiger charge is 2.41. The summed E-state index contributed by atoms with van der Waals surface area (Å²) in [5.74, 6) is -0.608. The van der Waals surface area contributed by atoms with E-state index in [2.05, 4.69) is 5.32 Å². The molecule has 1 saturated heterocycles. The molecular weight excluding hydrogens is 697 g/mol. The molecule has 1 aliphatic carbocycles. The Kier molecular flexibility index (Phi) is 7.34. The molecule has 2 atom stereocenters. The van der Waals surface area contributed by atoms with Gasteiger partial charge in [0.05, 0.1) is 22.9 Å². The van der Waals surface area contributed by atoms with Gasteiger partial charge < -0.3 is 5.32 Å². The predicted molar refractivity (Wildman–Crippen MR) is 167 cm³/mol. The van der Waals surface area contributed by atoms with E-state index < -0.39 is 45.0 Å². The molecule has 2 unspecified atom stereocenters. The molecule has 11 nitrogen and oxygen atoms in total. The Bertz CT molecular complexity index is 2110. The second kappa shape index (κ2) is 10.6. The molecule has 6 rings (SSSR count). The van der Waals surface area contributed by atoms with Crippen molar-refractivity contribution in [1.29, 1.82) is 0 Å². The third-order valence-corrected chi connectivity index (χ3v) is 9.75. The van der Waals surface area contributed by atoms with Gasteiger partial charge in [0.15, 0.2) is 0 Å². The summed E-state index contributed by atoms with van der Waals surface area (Å²) >= 11 is 1.96. The van der Waals surface area contributed by atoms with Crippen LogP contribution in [0, 0.1) is 16.3 Å². The number of anilines is 2. The lowest BCUT2D eigenvalue weighted by Gasteiger charge is -2.24. The van der Waals surface area contributed by atoms with Crippen LogP contribution in [0.5, 0.6) is 0 Å². The number of benzene rings is 2. The highest BCUT2D eigenvalue weighted by molar-refractivity contribution is 14.1. The molecule has 15 heteroatoms. The van der Waals surface area contributed by atoms with Crippen molar-refractivity contribution in [2.24, 2.45) is 12.2 Å². The van der Waals surface area contributed by atoms with Gasteiger partial charge in [-0.2, -0.15) is 12.7 Å². The molecule has 0 amide bonds. The Balaban J connectivity index is 1.66. The molecule has 0 bridgehead atoms. The lowest BCUT2D eigenvalue weighted by Crippen LogP contribution is -2.41. The van der Waals surface area contributed by atoms with Gasteiger partial charge >= 0.3 is 5.69 Å². The Morgan fingerprint density at radius 1 is 1.05 bits per heavy atom. The van der Waals surface area contributed by atoms with Crippen LogP contribution in [0.15, 0.2) is 56.8 Å². The van der Waals surface area contributed by atoms with Crippen LogP contribution in [-0.4, -0.2) is 39.1 Å². The van der Waals surface area contributed by atoms with E-state index in [1.54, 1.807) is 18.2 Å². The highest BCUT2D eigenvalue weighted by atomic mass is 127. The zero-order valence-corrected chi connectivity index (χ0v) is 26.0. The van der Waals surface area contributed by atoms with Crippen LogP contribution >= 0.6 is 22.6 Å². The third-order valence-electron chi connectivity index (χ3n) is 8.01. The zero-order chi connectivity index (χ0) is 31.0. The number of nitrogens with zero attached hydrogens (tertiary/aromatic N) is 4. The van der Waals surface area contributed by atoms with E-state index in [4.69, 9.17) is 5.14 Å². The second-order valence-corrected chi connectivity index (χ2v) is 13.6. The van der Waals surface area contributed by atoms with E-state index in [1.807, 2.05) is 22.6 Å². The van der Waals surface area contributed by atoms with Crippen molar-refractivity contribution in [2.45, 2.75) is 44.4 Å². The fourth-order valence-corrected chi connectivity index (χ4v) is 7.19. The number of hydrogen-bond donors (Lipinski definition) is 2. The fourth-order valence-electron chi connectivity index (χ4n) is 5.81. The first-order valence-corrected chi connectivity index (χ1v) is 16.0. The summed E-state index contributed by atoms with van der Waals surface area (Å²) in [5, 5.41) is 8.27. The van der Waals surface area contributed by atoms with E-state index in [0.29, 0.717) is 16.4 Å². The molecule has 3 heterocycles. The molecule has 2 aromatic carbocycles. The quantitative estimate of drug-likeness (QED) is 0.293. The summed E-state index contributed by atoms with van der Waals surface area (Å²) < 4.78 is 59.5. The Labute approximate surface area is 257 Å². The van der Waals surface area contributed by atoms with Crippen molar-refractivity contribution in [2.75, 3.05) is 11.9 Å². The summed E-state index contributed by atoms with van der Waals surface area (Å²) in [5.41, 5.74) is -1.31. The van der Waals surface area contributed by atoms with Crippen molar-refractivity contribution in [3.05, 3.63) is 94.2 Å². The number of nitrogens with two attached hydrogens (primary N) is 1. The van der Waals surface area contributed by atoms with Gasteiger partial charge in [-0.1, -0.05) is 12.1 Å². The molecule has 2 aromatic heterocycles. The van der Waals surface area contributed by atoms with Gasteiger partial charge in [0.25, 0.3) is 21.3 Å². The van der Waals surface area contributed by atoms with Crippen LogP contribution in [0.4, 0.5) is 20.3 Å². The number of hydrogen-bond acceptors (Lipinski definition) is 6. The lowest BCUT2D eigenvalue weighted by molar-refractivity contribution is 0.262. The maximum atomic E-state index is 15.1. The van der Waals surface area contributed by atoms with Gasteiger partial charge in [-0.3, -0.25) is 23.3 Å². The number of aromatic nitrogens is 3. The minimum atomic E-state index is -4.23. The first-order chi connectivity index (χ1) is 20.3. The van der Waals surface area contributed by atoms with Crippen molar-refractivity contribution in [3.63, 3.8) is 0 Å². The van der Waals surface area contributed by atoms with E-state index in [1.165, 1.54) is 47.4 Å². The van der Waals surface area contributed by atoms with Crippen molar-refractivity contribution >= 4 is 55.2 Å². The fraction of sp³-hybridized carbons (Fsp3) is 0.321. The van der Waals surface area contributed by atoms with Crippen LogP contribution in [0.3, 0.4) is 0 Å². The summed E-state index contributed by atoms with van der Waals surface area (Å²) in [7, 11) is -2.78. The Morgan fingerprint density at radius 3 is 2.42 bits per heavy atom. The highest BCUT2D eigenvalue weighted by Crippen LogP contribution is 2.37. The first-order valence-electron chi connectivity index (χ1n) is 13.5. The molecule has 4 aromatic rings. The van der Waals surface area contributed by atoms with E-state index in [0.717, 1.165) is 8.87 Å². The minimum Gasteiger partial charge on any atom is -0.338 e. The maximum Gasteiger partial charge on any atom is 0.336 e. The summed E-state index contributed by atoms with van der Waals surface area (Å²) in [6.45, 7) is 1.38. The summed E-state index contributed by atoms with van der Waals surface area (Å²) in [4.78, 5) is 41.6. The van der Waals surface area contributed by atoms with Gasteiger partial charge in [-0.25, -0.2) is 18.7 Å². The number of nitrogens with one attached hydrogen (secondary N) is 1. The van der Waals surface area contributed by atoms with Crippen molar-refractivity contribution in [3.8, 4) is 5.69 Å². The van der Waals surface area contributed by atoms with Crippen LogP contribution < -0.4 is 27.3 Å². The topological polar surface area (TPSA) is 141 Å². The number of fused-ring (bicyclic) bond motifs is 1. The molecule has 0 spiro atoms. The molecular formula is C28H27F2IN6O5S. The number of pyridine rings is 1. The SMILES string of the molecule is Cc1c(=O)n(C)c(Nc2ccc(I)cc2F)c2c(=O)n(C3CC3)c(=O)n(-c3cccc(C4C(F)CCN4S(N)(=O)=O)c3)c12. The Hall–Kier alpha value is -3.41. The van der Waals surface area contributed by atoms with Gasteiger partial charge in [0.2, 0.25) is 0 Å². The second-order valence-electron chi connectivity index (χ2n) is 10.8. The van der Waals surface area contributed by atoms with Gasteiger partial charge in [0.1, 0.15) is 23.2 Å².